The van der Waals surface area contributed by atoms with E-state index >= 15 is 0 Å². The number of carbonyl (C=O) groups is 4. The molecule has 0 saturated heterocycles. The Morgan fingerprint density at radius 1 is 0.667 bits per heavy atom. The third-order valence-electron chi connectivity index (χ3n) is 3.49. The van der Waals surface area contributed by atoms with E-state index in [-0.39, 0.29) is 10.2 Å². The first-order chi connectivity index (χ1) is 11.4. The van der Waals surface area contributed by atoms with Crippen molar-refractivity contribution in [3.63, 3.8) is 0 Å². The first-order valence-corrected chi connectivity index (χ1v) is 8.74. The summed E-state index contributed by atoms with van der Waals surface area (Å²) < 4.78 is 0. The molecule has 2 aromatic rings. The van der Waals surface area contributed by atoms with Gasteiger partial charge in [0.05, 0.1) is 0 Å². The van der Waals surface area contributed by atoms with Gasteiger partial charge in [0.2, 0.25) is 11.6 Å². The van der Waals surface area contributed by atoms with Gasteiger partial charge < -0.3 is 0 Å². The van der Waals surface area contributed by atoms with Crippen LogP contribution in [0.15, 0.2) is 46.2 Å². The number of hydrogen-bond donors (Lipinski definition) is 0. The first-order valence-electron chi connectivity index (χ1n) is 7.11. The van der Waals surface area contributed by atoms with Gasteiger partial charge in [-0.15, -0.1) is 0 Å². The second kappa shape index (κ2) is 6.37. The molecule has 0 N–H and O–H groups in total. The van der Waals surface area contributed by atoms with Crippen molar-refractivity contribution in [3.05, 3.63) is 47.5 Å². The molecule has 0 atom stereocenters. The van der Waals surface area contributed by atoms with E-state index in [1.54, 1.807) is 36.4 Å². The van der Waals surface area contributed by atoms with Crippen LogP contribution in [0.4, 0.5) is 0 Å². The smallest absolute Gasteiger partial charge is 0.234 e. The molecule has 0 spiro atoms. The number of fused-ring (bicyclic) bond motifs is 3. The number of benzene rings is 2. The summed E-state index contributed by atoms with van der Waals surface area (Å²) >= 11 is 2.04. The molecular weight excluding hydrogens is 344 g/mol. The molecule has 2 aromatic carbocycles. The monoisotopic (exact) mass is 356 g/mol. The largest absolute Gasteiger partial charge is 0.287 e. The second-order valence-electron chi connectivity index (χ2n) is 5.26. The van der Waals surface area contributed by atoms with Crippen LogP contribution in [-0.2, 0) is 9.59 Å². The molecule has 0 aromatic heterocycles. The van der Waals surface area contributed by atoms with Gasteiger partial charge in [0, 0.05) is 34.8 Å². The van der Waals surface area contributed by atoms with E-state index in [0.29, 0.717) is 32.0 Å². The van der Waals surface area contributed by atoms with Crippen LogP contribution < -0.4 is 0 Å². The van der Waals surface area contributed by atoms with E-state index in [1.807, 2.05) is 0 Å². The molecule has 0 aliphatic heterocycles. The molecular formula is C18H12O4S2. The lowest BCUT2D eigenvalue weighted by atomic mass is 9.84. The second-order valence-corrected chi connectivity index (χ2v) is 7.76. The zero-order valence-electron chi connectivity index (χ0n) is 12.9. The van der Waals surface area contributed by atoms with Crippen LogP contribution >= 0.6 is 23.5 Å². The zero-order chi connectivity index (χ0) is 17.4. The molecule has 1 aliphatic rings. The zero-order valence-corrected chi connectivity index (χ0v) is 14.5. The Balaban J connectivity index is 2.12. The predicted octanol–water partition coefficient (Wildman–Crippen LogP) is 4.01. The number of ketones is 2. The lowest BCUT2D eigenvalue weighted by Gasteiger charge is -2.19. The number of Topliss-reactive ketones (excluding diaryl/α,β-unsaturated/α-hetero) is 2. The van der Waals surface area contributed by atoms with Crippen LogP contribution in [-0.4, -0.2) is 21.8 Å². The summed E-state index contributed by atoms with van der Waals surface area (Å²) in [6.45, 7) is 2.89. The molecule has 4 nitrogen and oxygen atoms in total. The van der Waals surface area contributed by atoms with Crippen molar-refractivity contribution < 1.29 is 19.2 Å². The molecule has 0 radical (unpaired) electrons. The van der Waals surface area contributed by atoms with E-state index < -0.39 is 11.6 Å². The van der Waals surface area contributed by atoms with E-state index in [1.165, 1.54) is 13.8 Å². The Morgan fingerprint density at radius 2 is 1.04 bits per heavy atom. The fourth-order valence-corrected chi connectivity index (χ4v) is 3.89. The Bertz CT molecular complexity index is 840. The minimum atomic E-state index is -0.589. The third kappa shape index (κ3) is 3.07. The van der Waals surface area contributed by atoms with Crippen LogP contribution in [0.5, 0.6) is 0 Å². The third-order valence-corrected chi connectivity index (χ3v) is 5.05. The fourth-order valence-electron chi connectivity index (χ4n) is 2.60. The van der Waals surface area contributed by atoms with E-state index in [0.717, 1.165) is 23.5 Å². The molecule has 6 heteroatoms. The van der Waals surface area contributed by atoms with Crippen LogP contribution in [0.1, 0.15) is 34.6 Å². The highest BCUT2D eigenvalue weighted by Gasteiger charge is 2.31. The van der Waals surface area contributed by atoms with Crippen molar-refractivity contribution in [2.24, 2.45) is 0 Å². The summed E-state index contributed by atoms with van der Waals surface area (Å²) in [5, 5.41) is -0.174. The van der Waals surface area contributed by atoms with Crippen molar-refractivity contribution >= 4 is 45.3 Å². The van der Waals surface area contributed by atoms with Crippen LogP contribution in [0.25, 0.3) is 11.1 Å². The van der Waals surface area contributed by atoms with Gasteiger partial charge in [-0.2, -0.15) is 0 Å². The minimum absolute atomic E-state index is 0.0872. The highest BCUT2D eigenvalue weighted by atomic mass is 32.2. The molecule has 0 unspecified atom stereocenters. The van der Waals surface area contributed by atoms with E-state index in [9.17, 15) is 19.2 Å². The van der Waals surface area contributed by atoms with Gasteiger partial charge in [-0.05, 0) is 35.4 Å². The van der Waals surface area contributed by atoms with Crippen molar-refractivity contribution in [1.82, 2.24) is 0 Å². The number of rotatable bonds is 2. The number of carbonyl (C=O) groups excluding carboxylic acids is 4. The van der Waals surface area contributed by atoms with Crippen LogP contribution in [0.3, 0.4) is 0 Å². The molecule has 0 saturated carbocycles. The average Bonchev–Trinajstić information content (AvgIpc) is 2.51. The molecule has 120 valence electrons. The van der Waals surface area contributed by atoms with Gasteiger partial charge in [-0.25, -0.2) is 0 Å². The van der Waals surface area contributed by atoms with E-state index in [2.05, 4.69) is 0 Å². The van der Waals surface area contributed by atoms with Gasteiger partial charge in [0.25, 0.3) is 0 Å². The highest BCUT2D eigenvalue weighted by Crippen LogP contribution is 2.37. The first kappa shape index (κ1) is 16.7. The van der Waals surface area contributed by atoms with Gasteiger partial charge in [0.15, 0.2) is 10.2 Å². The summed E-state index contributed by atoms with van der Waals surface area (Å²) in [6.07, 6.45) is 0. The Labute approximate surface area is 147 Å². The van der Waals surface area contributed by atoms with Crippen molar-refractivity contribution in [2.75, 3.05) is 0 Å². The van der Waals surface area contributed by atoms with Gasteiger partial charge in [-0.1, -0.05) is 35.7 Å². The van der Waals surface area contributed by atoms with Gasteiger partial charge in [-0.3, -0.25) is 19.2 Å². The average molecular weight is 356 g/mol. The quantitative estimate of drug-likeness (QED) is 0.598. The molecule has 1 aliphatic carbocycles. The standard InChI is InChI=1S/C18H12O4S2/c1-9(19)23-11-3-5-13-14-6-4-12(24-10(2)20)8-16(14)18(22)17(21)15(13)7-11/h3-8H,1-2H3. The summed E-state index contributed by atoms with van der Waals surface area (Å²) in [5.74, 6) is -1.18. The van der Waals surface area contributed by atoms with Gasteiger partial charge >= 0.3 is 0 Å². The fraction of sp³-hybridized carbons (Fsp3) is 0.111. The van der Waals surface area contributed by atoms with Crippen molar-refractivity contribution in [1.29, 1.82) is 0 Å². The lowest BCUT2D eigenvalue weighted by Crippen LogP contribution is -2.21. The Hall–Kier alpha value is -2.18. The Kier molecular flexibility index (Phi) is 4.43. The van der Waals surface area contributed by atoms with E-state index in [4.69, 9.17) is 0 Å². The topological polar surface area (TPSA) is 68.3 Å². The maximum absolute atomic E-state index is 12.4. The van der Waals surface area contributed by atoms with Crippen LogP contribution in [0, 0.1) is 0 Å². The minimum Gasteiger partial charge on any atom is -0.287 e. The summed E-state index contributed by atoms with van der Waals surface area (Å²) in [4.78, 5) is 48.6. The van der Waals surface area contributed by atoms with Crippen molar-refractivity contribution in [2.45, 2.75) is 23.6 Å². The molecule has 0 fully saturated rings. The lowest BCUT2D eigenvalue weighted by molar-refractivity contribution is -0.109. The van der Waals surface area contributed by atoms with Crippen molar-refractivity contribution in [3.8, 4) is 11.1 Å². The highest BCUT2D eigenvalue weighted by molar-refractivity contribution is 8.13. The summed E-state index contributed by atoms with van der Waals surface area (Å²) in [5.41, 5.74) is 1.96. The molecule has 0 bridgehead atoms. The molecule has 0 heterocycles. The molecule has 0 amide bonds. The maximum atomic E-state index is 12.4. The number of hydrogen-bond acceptors (Lipinski definition) is 6. The van der Waals surface area contributed by atoms with Gasteiger partial charge in [0.1, 0.15) is 0 Å². The molecule has 3 rings (SSSR count). The predicted molar refractivity (Wildman–Crippen MR) is 93.6 cm³/mol. The summed E-state index contributed by atoms with van der Waals surface area (Å²) in [6, 6.07) is 10.2. The number of thioether (sulfide) groups is 2. The van der Waals surface area contributed by atoms with Crippen LogP contribution in [0.2, 0.25) is 0 Å². The summed E-state index contributed by atoms with van der Waals surface area (Å²) in [7, 11) is 0. The maximum Gasteiger partial charge on any atom is 0.234 e. The molecule has 24 heavy (non-hydrogen) atoms. The SMILES string of the molecule is CC(=O)Sc1ccc2c(c1)C(=O)C(=O)c1cc(SC(C)=O)ccc1-2. The Morgan fingerprint density at radius 3 is 1.38 bits per heavy atom. The normalized spacial score (nSPS) is 12.6.